The lowest BCUT2D eigenvalue weighted by molar-refractivity contribution is -0.136. The third-order valence-corrected chi connectivity index (χ3v) is 5.61. The smallest absolute Gasteiger partial charge is 0.228 e. The molecule has 2 aromatic rings. The van der Waals surface area contributed by atoms with E-state index in [1.807, 2.05) is 23.1 Å². The fourth-order valence-corrected chi connectivity index (χ4v) is 4.28. The molecule has 4 nitrogen and oxygen atoms in total. The lowest BCUT2D eigenvalue weighted by Gasteiger charge is -2.27. The first-order valence-electron chi connectivity index (χ1n) is 9.62. The first-order chi connectivity index (χ1) is 13.5. The summed E-state index contributed by atoms with van der Waals surface area (Å²) >= 11 is 0. The third-order valence-electron chi connectivity index (χ3n) is 5.61. The Kier molecular flexibility index (Phi) is 5.11. The van der Waals surface area contributed by atoms with Crippen molar-refractivity contribution in [1.82, 2.24) is 4.90 Å². The van der Waals surface area contributed by atoms with Crippen LogP contribution in [-0.4, -0.2) is 35.8 Å². The highest BCUT2D eigenvalue weighted by molar-refractivity contribution is 6.00. The molecule has 2 aliphatic heterocycles. The molecule has 0 N–H and O–H groups in total. The number of carbonyl (C=O) groups excluding carboxylic acids is 2. The highest BCUT2D eigenvalue weighted by atomic mass is 19.1. The highest BCUT2D eigenvalue weighted by Gasteiger charge is 2.40. The molecule has 0 radical (unpaired) electrons. The van der Waals surface area contributed by atoms with Crippen molar-refractivity contribution in [2.45, 2.75) is 31.7 Å². The molecule has 0 spiro atoms. The number of hydrogen-bond donors (Lipinski definition) is 0. The second-order valence-corrected chi connectivity index (χ2v) is 7.55. The third kappa shape index (κ3) is 3.77. The summed E-state index contributed by atoms with van der Waals surface area (Å²) in [4.78, 5) is 28.7. The van der Waals surface area contributed by atoms with E-state index < -0.39 is 17.6 Å². The maximum Gasteiger partial charge on any atom is 0.228 e. The zero-order valence-corrected chi connectivity index (χ0v) is 15.5. The molecule has 2 atom stereocenters. The molecule has 4 rings (SSSR count). The fraction of sp³-hybridized carbons (Fsp3) is 0.364. The van der Waals surface area contributed by atoms with Crippen LogP contribution in [0, 0.1) is 17.6 Å². The van der Waals surface area contributed by atoms with Crippen LogP contribution in [0.1, 0.15) is 24.8 Å². The standard InChI is InChI=1S/C22H22F2N2O2/c23-17-11-18(24)13-20(12-17)26-14-16(10-21(26)27)22(28)25-8-4-7-19(25)9-15-5-2-1-3-6-15/h1-3,5-6,11-13,16,19H,4,7-10,14H2/t16-,19+/m1/s1. The Morgan fingerprint density at radius 1 is 1.07 bits per heavy atom. The van der Waals surface area contributed by atoms with Crippen LogP contribution < -0.4 is 4.90 Å². The summed E-state index contributed by atoms with van der Waals surface area (Å²) in [6.07, 6.45) is 2.76. The minimum absolute atomic E-state index is 0.0360. The molecule has 28 heavy (non-hydrogen) atoms. The van der Waals surface area contributed by atoms with Gasteiger partial charge in [-0.1, -0.05) is 30.3 Å². The molecule has 0 aromatic heterocycles. The Bertz CT molecular complexity index is 867. The zero-order chi connectivity index (χ0) is 19.7. The van der Waals surface area contributed by atoms with Gasteiger partial charge in [-0.05, 0) is 37.0 Å². The Hall–Kier alpha value is -2.76. The van der Waals surface area contributed by atoms with Gasteiger partial charge in [-0.2, -0.15) is 0 Å². The normalized spacial score (nSPS) is 22.1. The molecule has 2 saturated heterocycles. The molecule has 2 aliphatic rings. The fourth-order valence-electron chi connectivity index (χ4n) is 4.28. The van der Waals surface area contributed by atoms with E-state index in [-0.39, 0.29) is 36.5 Å². The molecule has 0 aliphatic carbocycles. The van der Waals surface area contributed by atoms with E-state index in [0.29, 0.717) is 6.54 Å². The molecular weight excluding hydrogens is 362 g/mol. The van der Waals surface area contributed by atoms with Gasteiger partial charge in [-0.25, -0.2) is 8.78 Å². The van der Waals surface area contributed by atoms with Gasteiger partial charge in [-0.15, -0.1) is 0 Å². The minimum Gasteiger partial charge on any atom is -0.339 e. The second-order valence-electron chi connectivity index (χ2n) is 7.55. The summed E-state index contributed by atoms with van der Waals surface area (Å²) in [6, 6.07) is 13.2. The van der Waals surface area contributed by atoms with Gasteiger partial charge in [0, 0.05) is 37.3 Å². The molecule has 2 aromatic carbocycles. The molecule has 2 heterocycles. The molecule has 0 bridgehead atoms. The predicted molar refractivity (Wildman–Crippen MR) is 102 cm³/mol. The SMILES string of the molecule is O=C1C[C@@H](C(=O)N2CCC[C@H]2Cc2ccccc2)CN1c1cc(F)cc(F)c1. The lowest BCUT2D eigenvalue weighted by atomic mass is 10.0. The van der Waals surface area contributed by atoms with Crippen LogP contribution in [-0.2, 0) is 16.0 Å². The first kappa shape index (κ1) is 18.6. The van der Waals surface area contributed by atoms with Crippen molar-refractivity contribution in [3.63, 3.8) is 0 Å². The summed E-state index contributed by atoms with van der Waals surface area (Å²) in [5.74, 6) is -2.26. The van der Waals surface area contributed by atoms with Crippen molar-refractivity contribution >= 4 is 17.5 Å². The molecule has 146 valence electrons. The largest absolute Gasteiger partial charge is 0.339 e. The van der Waals surface area contributed by atoms with E-state index in [4.69, 9.17) is 0 Å². The predicted octanol–water partition coefficient (Wildman–Crippen LogP) is 3.55. The first-order valence-corrected chi connectivity index (χ1v) is 9.62. The molecule has 6 heteroatoms. The van der Waals surface area contributed by atoms with Crippen LogP contribution >= 0.6 is 0 Å². The number of halogens is 2. The maximum atomic E-state index is 13.5. The van der Waals surface area contributed by atoms with Gasteiger partial charge in [0.2, 0.25) is 11.8 Å². The number of benzene rings is 2. The molecule has 0 saturated carbocycles. The lowest BCUT2D eigenvalue weighted by Crippen LogP contribution is -2.41. The van der Waals surface area contributed by atoms with Gasteiger partial charge in [0.25, 0.3) is 0 Å². The second kappa shape index (κ2) is 7.70. The summed E-state index contributed by atoms with van der Waals surface area (Å²) in [5, 5.41) is 0. The van der Waals surface area contributed by atoms with Crippen molar-refractivity contribution in [3.8, 4) is 0 Å². The van der Waals surface area contributed by atoms with Crippen LogP contribution in [0.15, 0.2) is 48.5 Å². The van der Waals surface area contributed by atoms with Crippen molar-refractivity contribution in [1.29, 1.82) is 0 Å². The van der Waals surface area contributed by atoms with Gasteiger partial charge in [0.15, 0.2) is 0 Å². The van der Waals surface area contributed by atoms with Gasteiger partial charge in [0.1, 0.15) is 11.6 Å². The quantitative estimate of drug-likeness (QED) is 0.809. The Labute approximate surface area is 162 Å². The van der Waals surface area contributed by atoms with E-state index >= 15 is 0 Å². The minimum atomic E-state index is -0.736. The molecular formula is C22H22F2N2O2. The van der Waals surface area contributed by atoms with Crippen LogP contribution in [0.25, 0.3) is 0 Å². The van der Waals surface area contributed by atoms with Crippen LogP contribution in [0.4, 0.5) is 14.5 Å². The average Bonchev–Trinajstić information content (AvgIpc) is 3.28. The highest BCUT2D eigenvalue weighted by Crippen LogP contribution is 2.30. The van der Waals surface area contributed by atoms with E-state index in [9.17, 15) is 18.4 Å². The molecule has 2 fully saturated rings. The van der Waals surface area contributed by atoms with Gasteiger partial charge < -0.3 is 9.80 Å². The van der Waals surface area contributed by atoms with E-state index in [0.717, 1.165) is 37.5 Å². The van der Waals surface area contributed by atoms with Crippen molar-refractivity contribution in [2.24, 2.45) is 5.92 Å². The zero-order valence-electron chi connectivity index (χ0n) is 15.5. The molecule has 2 amide bonds. The van der Waals surface area contributed by atoms with Crippen LogP contribution in [0.2, 0.25) is 0 Å². The average molecular weight is 384 g/mol. The van der Waals surface area contributed by atoms with E-state index in [1.165, 1.54) is 10.5 Å². The van der Waals surface area contributed by atoms with Crippen molar-refractivity contribution in [2.75, 3.05) is 18.0 Å². The summed E-state index contributed by atoms with van der Waals surface area (Å²) in [6.45, 7) is 0.852. The van der Waals surface area contributed by atoms with Crippen LogP contribution in [0.5, 0.6) is 0 Å². The Morgan fingerprint density at radius 2 is 1.79 bits per heavy atom. The number of rotatable bonds is 4. The van der Waals surface area contributed by atoms with E-state index in [1.54, 1.807) is 0 Å². The summed E-state index contributed by atoms with van der Waals surface area (Å²) < 4.78 is 27.0. The number of likely N-dealkylation sites (tertiary alicyclic amines) is 1. The van der Waals surface area contributed by atoms with Gasteiger partial charge >= 0.3 is 0 Å². The number of amides is 2. The van der Waals surface area contributed by atoms with Gasteiger partial charge in [0.05, 0.1) is 5.92 Å². The molecule has 0 unspecified atom stereocenters. The monoisotopic (exact) mass is 384 g/mol. The number of anilines is 1. The number of nitrogens with zero attached hydrogens (tertiary/aromatic N) is 2. The maximum absolute atomic E-state index is 13.5. The van der Waals surface area contributed by atoms with Gasteiger partial charge in [-0.3, -0.25) is 9.59 Å². The topological polar surface area (TPSA) is 40.6 Å². The Morgan fingerprint density at radius 3 is 2.50 bits per heavy atom. The number of hydrogen-bond acceptors (Lipinski definition) is 2. The van der Waals surface area contributed by atoms with Crippen LogP contribution in [0.3, 0.4) is 0 Å². The number of carbonyl (C=O) groups is 2. The van der Waals surface area contributed by atoms with Crippen molar-refractivity contribution < 1.29 is 18.4 Å². The summed E-state index contributed by atoms with van der Waals surface area (Å²) in [5.41, 5.74) is 1.35. The Balaban J connectivity index is 1.46. The summed E-state index contributed by atoms with van der Waals surface area (Å²) in [7, 11) is 0. The van der Waals surface area contributed by atoms with Crippen molar-refractivity contribution in [3.05, 3.63) is 65.7 Å². The van der Waals surface area contributed by atoms with E-state index in [2.05, 4.69) is 12.1 Å².